The monoisotopic (exact) mass is 246 g/mol. The SMILES string of the molecule is CCN(C)C(=O)CNc1nc2ccccc2n1C. The molecule has 0 unspecified atom stereocenters. The molecule has 0 atom stereocenters. The van der Waals surface area contributed by atoms with Gasteiger partial charge >= 0.3 is 0 Å². The fourth-order valence-corrected chi connectivity index (χ4v) is 1.77. The minimum atomic E-state index is 0.0598. The van der Waals surface area contributed by atoms with E-state index in [2.05, 4.69) is 10.3 Å². The zero-order chi connectivity index (χ0) is 13.1. The van der Waals surface area contributed by atoms with Crippen molar-refractivity contribution in [2.45, 2.75) is 6.92 Å². The van der Waals surface area contributed by atoms with Crippen molar-refractivity contribution in [2.24, 2.45) is 7.05 Å². The zero-order valence-corrected chi connectivity index (χ0v) is 11.0. The van der Waals surface area contributed by atoms with Gasteiger partial charge in [-0.3, -0.25) is 4.79 Å². The molecule has 5 nitrogen and oxygen atoms in total. The molecule has 0 spiro atoms. The number of para-hydroxylation sites is 2. The number of amides is 1. The molecule has 0 saturated carbocycles. The van der Waals surface area contributed by atoms with Crippen LogP contribution in [0.4, 0.5) is 5.95 Å². The summed E-state index contributed by atoms with van der Waals surface area (Å²) in [6.45, 7) is 2.93. The number of hydrogen-bond acceptors (Lipinski definition) is 3. The first kappa shape index (κ1) is 12.4. The second-order valence-electron chi connectivity index (χ2n) is 4.24. The van der Waals surface area contributed by atoms with E-state index in [1.54, 1.807) is 11.9 Å². The summed E-state index contributed by atoms with van der Waals surface area (Å²) < 4.78 is 1.95. The molecule has 1 heterocycles. The molecule has 0 bridgehead atoms. The summed E-state index contributed by atoms with van der Waals surface area (Å²) in [4.78, 5) is 17.8. The Kier molecular flexibility index (Phi) is 3.50. The Morgan fingerprint density at radius 2 is 2.17 bits per heavy atom. The van der Waals surface area contributed by atoms with Crippen molar-refractivity contribution >= 4 is 22.9 Å². The van der Waals surface area contributed by atoms with E-state index in [1.807, 2.05) is 42.8 Å². The van der Waals surface area contributed by atoms with Crippen LogP contribution in [0.1, 0.15) is 6.92 Å². The standard InChI is InChI=1S/C13H18N4O/c1-4-16(2)12(18)9-14-13-15-10-7-5-6-8-11(10)17(13)3/h5-8H,4,9H2,1-3H3,(H,14,15). The van der Waals surface area contributed by atoms with Crippen LogP contribution in [0.25, 0.3) is 11.0 Å². The quantitative estimate of drug-likeness (QED) is 0.888. The molecule has 2 aromatic rings. The van der Waals surface area contributed by atoms with Gasteiger partial charge in [-0.05, 0) is 19.1 Å². The van der Waals surface area contributed by atoms with Crippen LogP contribution in [0.2, 0.25) is 0 Å². The number of carbonyl (C=O) groups is 1. The highest BCUT2D eigenvalue weighted by molar-refractivity contribution is 5.82. The number of fused-ring (bicyclic) bond motifs is 1. The Balaban J connectivity index is 2.13. The van der Waals surface area contributed by atoms with Gasteiger partial charge in [0.25, 0.3) is 0 Å². The van der Waals surface area contributed by atoms with E-state index in [0.29, 0.717) is 12.5 Å². The number of aromatic nitrogens is 2. The number of imidazole rings is 1. The molecule has 0 saturated heterocycles. The summed E-state index contributed by atoms with van der Waals surface area (Å²) >= 11 is 0. The van der Waals surface area contributed by atoms with Crippen LogP contribution in [0.15, 0.2) is 24.3 Å². The summed E-state index contributed by atoms with van der Waals surface area (Å²) in [7, 11) is 3.73. The molecular formula is C13H18N4O. The lowest BCUT2D eigenvalue weighted by Gasteiger charge is -2.14. The van der Waals surface area contributed by atoms with Gasteiger partial charge in [0.1, 0.15) is 0 Å². The smallest absolute Gasteiger partial charge is 0.241 e. The number of carbonyl (C=O) groups excluding carboxylic acids is 1. The molecule has 0 radical (unpaired) electrons. The topological polar surface area (TPSA) is 50.2 Å². The largest absolute Gasteiger partial charge is 0.347 e. The van der Waals surface area contributed by atoms with Crippen molar-refractivity contribution in [1.29, 1.82) is 0 Å². The summed E-state index contributed by atoms with van der Waals surface area (Å²) in [6.07, 6.45) is 0. The first-order valence-electron chi connectivity index (χ1n) is 6.02. The second kappa shape index (κ2) is 5.08. The molecule has 1 N–H and O–H groups in total. The number of nitrogens with one attached hydrogen (secondary N) is 1. The van der Waals surface area contributed by atoms with Crippen molar-refractivity contribution in [3.63, 3.8) is 0 Å². The van der Waals surface area contributed by atoms with Crippen molar-refractivity contribution in [2.75, 3.05) is 25.5 Å². The van der Waals surface area contributed by atoms with Crippen LogP contribution in [0.5, 0.6) is 0 Å². The van der Waals surface area contributed by atoms with Crippen LogP contribution in [-0.2, 0) is 11.8 Å². The number of aryl methyl sites for hydroxylation is 1. The minimum Gasteiger partial charge on any atom is -0.347 e. The van der Waals surface area contributed by atoms with Gasteiger partial charge in [-0.1, -0.05) is 12.1 Å². The maximum Gasteiger partial charge on any atom is 0.241 e. The highest BCUT2D eigenvalue weighted by Crippen LogP contribution is 2.17. The van der Waals surface area contributed by atoms with Crippen LogP contribution in [-0.4, -0.2) is 40.5 Å². The maximum absolute atomic E-state index is 11.7. The predicted molar refractivity (Wildman–Crippen MR) is 72.5 cm³/mol. The number of likely N-dealkylation sites (N-methyl/N-ethyl adjacent to an activating group) is 1. The van der Waals surface area contributed by atoms with E-state index in [1.165, 1.54) is 0 Å². The molecule has 1 aromatic carbocycles. The summed E-state index contributed by atoms with van der Waals surface area (Å²) in [6, 6.07) is 7.90. The number of hydrogen-bond donors (Lipinski definition) is 1. The Bertz CT molecular complexity index is 561. The van der Waals surface area contributed by atoms with Crippen molar-refractivity contribution < 1.29 is 4.79 Å². The second-order valence-corrected chi connectivity index (χ2v) is 4.24. The van der Waals surface area contributed by atoms with Crippen molar-refractivity contribution in [1.82, 2.24) is 14.5 Å². The Morgan fingerprint density at radius 1 is 1.44 bits per heavy atom. The third-order valence-electron chi connectivity index (χ3n) is 3.08. The molecule has 18 heavy (non-hydrogen) atoms. The van der Waals surface area contributed by atoms with Crippen LogP contribution >= 0.6 is 0 Å². The van der Waals surface area contributed by atoms with E-state index >= 15 is 0 Å². The summed E-state index contributed by atoms with van der Waals surface area (Å²) in [5.41, 5.74) is 1.98. The van der Waals surface area contributed by atoms with Crippen molar-refractivity contribution in [3.8, 4) is 0 Å². The Labute approximate surface area is 106 Å². The molecule has 0 aliphatic carbocycles. The van der Waals surface area contributed by atoms with Gasteiger partial charge in [0.2, 0.25) is 11.9 Å². The normalized spacial score (nSPS) is 10.6. The number of nitrogens with zero attached hydrogens (tertiary/aromatic N) is 3. The highest BCUT2D eigenvalue weighted by Gasteiger charge is 2.10. The minimum absolute atomic E-state index is 0.0598. The third kappa shape index (κ3) is 2.30. The summed E-state index contributed by atoms with van der Waals surface area (Å²) in [5, 5.41) is 3.08. The molecule has 0 fully saturated rings. The molecule has 96 valence electrons. The summed E-state index contributed by atoms with van der Waals surface area (Å²) in [5.74, 6) is 0.776. The molecule has 0 aliphatic rings. The van der Waals surface area contributed by atoms with Gasteiger partial charge in [0.15, 0.2) is 0 Å². The van der Waals surface area contributed by atoms with E-state index in [0.717, 1.165) is 11.0 Å². The average molecular weight is 246 g/mol. The van der Waals surface area contributed by atoms with Crippen LogP contribution in [0, 0.1) is 0 Å². The Hall–Kier alpha value is -2.04. The Morgan fingerprint density at radius 3 is 2.83 bits per heavy atom. The van der Waals surface area contributed by atoms with Gasteiger partial charge in [-0.15, -0.1) is 0 Å². The lowest BCUT2D eigenvalue weighted by atomic mass is 10.3. The van der Waals surface area contributed by atoms with Gasteiger partial charge < -0.3 is 14.8 Å². The average Bonchev–Trinajstić information content (AvgIpc) is 2.72. The molecule has 2 rings (SSSR count). The van der Waals surface area contributed by atoms with E-state index in [4.69, 9.17) is 0 Å². The van der Waals surface area contributed by atoms with Gasteiger partial charge in [-0.25, -0.2) is 4.98 Å². The molecule has 1 amide bonds. The number of rotatable bonds is 4. The van der Waals surface area contributed by atoms with Crippen LogP contribution in [0.3, 0.4) is 0 Å². The molecule has 0 aliphatic heterocycles. The van der Waals surface area contributed by atoms with E-state index in [9.17, 15) is 4.79 Å². The lowest BCUT2D eigenvalue weighted by Crippen LogP contribution is -2.32. The number of anilines is 1. The third-order valence-corrected chi connectivity index (χ3v) is 3.08. The van der Waals surface area contributed by atoms with Gasteiger partial charge in [0, 0.05) is 20.6 Å². The fourth-order valence-electron chi connectivity index (χ4n) is 1.77. The van der Waals surface area contributed by atoms with Gasteiger partial charge in [0.05, 0.1) is 17.6 Å². The van der Waals surface area contributed by atoms with E-state index < -0.39 is 0 Å². The zero-order valence-electron chi connectivity index (χ0n) is 11.0. The maximum atomic E-state index is 11.7. The van der Waals surface area contributed by atoms with Crippen molar-refractivity contribution in [3.05, 3.63) is 24.3 Å². The predicted octanol–water partition coefficient (Wildman–Crippen LogP) is 1.46. The first-order chi connectivity index (χ1) is 8.63. The number of benzene rings is 1. The van der Waals surface area contributed by atoms with E-state index in [-0.39, 0.29) is 12.5 Å². The fraction of sp³-hybridized carbons (Fsp3) is 0.385. The molecule has 1 aromatic heterocycles. The highest BCUT2D eigenvalue weighted by atomic mass is 16.2. The van der Waals surface area contributed by atoms with Crippen LogP contribution < -0.4 is 5.32 Å². The van der Waals surface area contributed by atoms with Gasteiger partial charge in [-0.2, -0.15) is 0 Å². The lowest BCUT2D eigenvalue weighted by molar-refractivity contribution is -0.127. The molecule has 5 heteroatoms. The first-order valence-corrected chi connectivity index (χ1v) is 6.02. The molecular weight excluding hydrogens is 228 g/mol.